The minimum Gasteiger partial charge on any atom is -0.496 e. The Morgan fingerprint density at radius 3 is 2.19 bits per heavy atom. The summed E-state index contributed by atoms with van der Waals surface area (Å²) in [6, 6.07) is 11.4. The molecule has 0 radical (unpaired) electrons. The van der Waals surface area contributed by atoms with Crippen LogP contribution in [0, 0.1) is 13.8 Å². The van der Waals surface area contributed by atoms with Crippen molar-refractivity contribution >= 4 is 12.0 Å². The summed E-state index contributed by atoms with van der Waals surface area (Å²) in [7, 11) is 1.60. The van der Waals surface area contributed by atoms with Gasteiger partial charge in [-0.15, -0.1) is 0 Å². The van der Waals surface area contributed by atoms with Crippen LogP contribution in [-0.4, -0.2) is 61.7 Å². The molecule has 0 bridgehead atoms. The molecular formula is C24H30N2O5. The van der Waals surface area contributed by atoms with Crippen LogP contribution in [0.3, 0.4) is 0 Å². The van der Waals surface area contributed by atoms with Crippen LogP contribution in [0.25, 0.3) is 0 Å². The molecule has 2 aromatic carbocycles. The predicted molar refractivity (Wildman–Crippen MR) is 118 cm³/mol. The molecule has 0 spiro atoms. The fourth-order valence-electron chi connectivity index (χ4n) is 3.69. The van der Waals surface area contributed by atoms with E-state index in [2.05, 4.69) is 6.07 Å². The van der Waals surface area contributed by atoms with E-state index in [0.29, 0.717) is 50.7 Å². The van der Waals surface area contributed by atoms with Crippen LogP contribution in [0.2, 0.25) is 0 Å². The van der Waals surface area contributed by atoms with E-state index in [0.717, 1.165) is 22.4 Å². The molecule has 7 nitrogen and oxygen atoms in total. The number of hydrogen-bond acceptors (Lipinski definition) is 5. The van der Waals surface area contributed by atoms with Gasteiger partial charge in [0.1, 0.15) is 18.1 Å². The van der Waals surface area contributed by atoms with E-state index < -0.39 is 0 Å². The molecule has 0 atom stereocenters. The lowest BCUT2D eigenvalue weighted by Crippen LogP contribution is -2.50. The van der Waals surface area contributed by atoms with Crippen LogP contribution in [0.15, 0.2) is 36.4 Å². The molecule has 0 N–H and O–H groups in total. The summed E-state index contributed by atoms with van der Waals surface area (Å²) in [4.78, 5) is 28.3. The number of carbonyl (C=O) groups is 2. The molecule has 1 saturated heterocycles. The van der Waals surface area contributed by atoms with Crippen molar-refractivity contribution in [1.82, 2.24) is 9.80 Å². The van der Waals surface area contributed by atoms with E-state index in [9.17, 15) is 9.59 Å². The highest BCUT2D eigenvalue weighted by molar-refractivity contribution is 5.94. The first kappa shape index (κ1) is 22.5. The highest BCUT2D eigenvalue weighted by Gasteiger charge is 2.26. The maximum atomic E-state index is 13.0. The molecule has 3 rings (SSSR count). The van der Waals surface area contributed by atoms with Crippen molar-refractivity contribution in [3.8, 4) is 11.5 Å². The van der Waals surface area contributed by atoms with Gasteiger partial charge in [0.15, 0.2) is 0 Å². The molecule has 166 valence electrons. The molecule has 1 fully saturated rings. The number of ether oxygens (including phenoxy) is 3. The minimum atomic E-state index is -0.329. The molecule has 7 heteroatoms. The van der Waals surface area contributed by atoms with Gasteiger partial charge in [0.05, 0.1) is 13.7 Å². The van der Waals surface area contributed by atoms with Crippen molar-refractivity contribution < 1.29 is 23.8 Å². The van der Waals surface area contributed by atoms with Crippen molar-refractivity contribution in [2.75, 3.05) is 39.9 Å². The van der Waals surface area contributed by atoms with Crippen LogP contribution >= 0.6 is 0 Å². The third-order valence-corrected chi connectivity index (χ3v) is 5.21. The molecular weight excluding hydrogens is 396 g/mol. The summed E-state index contributed by atoms with van der Waals surface area (Å²) in [5.41, 5.74) is 3.64. The maximum absolute atomic E-state index is 13.0. The average Bonchev–Trinajstić information content (AvgIpc) is 2.76. The molecule has 0 aliphatic carbocycles. The second-order valence-corrected chi connectivity index (χ2v) is 7.62. The molecule has 0 aromatic heterocycles. The molecule has 0 unspecified atom stereocenters. The van der Waals surface area contributed by atoms with Crippen molar-refractivity contribution in [3.63, 3.8) is 0 Å². The van der Waals surface area contributed by atoms with E-state index in [4.69, 9.17) is 14.2 Å². The first-order valence-corrected chi connectivity index (χ1v) is 10.5. The van der Waals surface area contributed by atoms with Crippen molar-refractivity contribution in [1.29, 1.82) is 0 Å². The highest BCUT2D eigenvalue weighted by Crippen LogP contribution is 2.24. The molecule has 2 amide bonds. The Morgan fingerprint density at radius 1 is 0.935 bits per heavy atom. The Balaban J connectivity index is 1.68. The van der Waals surface area contributed by atoms with Crippen molar-refractivity contribution in [3.05, 3.63) is 58.7 Å². The standard InChI is InChI=1S/C24H30N2O5/c1-5-30-24(28)26-10-8-25(9-11-26)23(27)19-6-7-22(29-4)20(15-19)16-31-21-13-17(2)12-18(3)14-21/h6-7,12-15H,5,8-11,16H2,1-4H3. The topological polar surface area (TPSA) is 68.3 Å². The average molecular weight is 427 g/mol. The Kier molecular flexibility index (Phi) is 7.39. The SMILES string of the molecule is CCOC(=O)N1CCN(C(=O)c2ccc(OC)c(COc3cc(C)cc(C)c3)c2)CC1. The Morgan fingerprint density at radius 2 is 1.58 bits per heavy atom. The van der Waals surface area contributed by atoms with Gasteiger partial charge >= 0.3 is 6.09 Å². The zero-order chi connectivity index (χ0) is 22.4. The van der Waals surface area contributed by atoms with E-state index in [-0.39, 0.29) is 12.0 Å². The van der Waals surface area contributed by atoms with E-state index in [1.807, 2.05) is 32.0 Å². The van der Waals surface area contributed by atoms with Gasteiger partial charge in [-0.1, -0.05) is 6.07 Å². The number of hydrogen-bond donors (Lipinski definition) is 0. The van der Waals surface area contributed by atoms with E-state index in [1.54, 1.807) is 36.0 Å². The van der Waals surface area contributed by atoms with Crippen LogP contribution in [-0.2, 0) is 11.3 Å². The minimum absolute atomic E-state index is 0.0705. The van der Waals surface area contributed by atoms with Crippen LogP contribution < -0.4 is 9.47 Å². The summed E-state index contributed by atoms with van der Waals surface area (Å²) >= 11 is 0. The smallest absolute Gasteiger partial charge is 0.409 e. The largest absolute Gasteiger partial charge is 0.496 e. The quantitative estimate of drug-likeness (QED) is 0.703. The molecule has 2 aromatic rings. The number of aryl methyl sites for hydroxylation is 2. The van der Waals surface area contributed by atoms with Gasteiger partial charge in [-0.2, -0.15) is 0 Å². The molecule has 0 saturated carbocycles. The second-order valence-electron chi connectivity index (χ2n) is 7.62. The molecule has 1 aliphatic rings. The summed E-state index contributed by atoms with van der Waals surface area (Å²) in [6.45, 7) is 8.34. The van der Waals surface area contributed by atoms with Crippen LogP contribution in [0.4, 0.5) is 4.79 Å². The fourth-order valence-corrected chi connectivity index (χ4v) is 3.69. The maximum Gasteiger partial charge on any atom is 0.409 e. The number of piperazine rings is 1. The van der Waals surface area contributed by atoms with Gasteiger partial charge in [-0.25, -0.2) is 4.79 Å². The zero-order valence-electron chi connectivity index (χ0n) is 18.6. The Hall–Kier alpha value is -3.22. The number of benzene rings is 2. The molecule has 31 heavy (non-hydrogen) atoms. The third kappa shape index (κ3) is 5.69. The van der Waals surface area contributed by atoms with Gasteiger partial charge in [-0.3, -0.25) is 4.79 Å². The number of rotatable bonds is 6. The fraction of sp³-hybridized carbons (Fsp3) is 0.417. The van der Waals surface area contributed by atoms with Gasteiger partial charge < -0.3 is 24.0 Å². The van der Waals surface area contributed by atoms with Crippen LogP contribution in [0.1, 0.15) is 34.0 Å². The number of carbonyl (C=O) groups excluding carboxylic acids is 2. The summed E-state index contributed by atoms with van der Waals surface area (Å²) < 4.78 is 16.5. The lowest BCUT2D eigenvalue weighted by Gasteiger charge is -2.34. The summed E-state index contributed by atoms with van der Waals surface area (Å²) in [6.07, 6.45) is -0.329. The number of methoxy groups -OCH3 is 1. The van der Waals surface area contributed by atoms with Gasteiger partial charge in [0.2, 0.25) is 0 Å². The lowest BCUT2D eigenvalue weighted by atomic mass is 10.1. The van der Waals surface area contributed by atoms with E-state index >= 15 is 0 Å². The number of nitrogens with zero attached hydrogens (tertiary/aromatic N) is 2. The Bertz CT molecular complexity index is 915. The van der Waals surface area contributed by atoms with Gasteiger partial charge in [0, 0.05) is 37.3 Å². The van der Waals surface area contributed by atoms with E-state index in [1.165, 1.54) is 0 Å². The monoisotopic (exact) mass is 426 g/mol. The Labute approximate surface area is 183 Å². The second kappa shape index (κ2) is 10.2. The normalized spacial score (nSPS) is 13.7. The first-order chi connectivity index (χ1) is 14.9. The zero-order valence-corrected chi connectivity index (χ0v) is 18.6. The van der Waals surface area contributed by atoms with Gasteiger partial charge in [0.25, 0.3) is 5.91 Å². The van der Waals surface area contributed by atoms with Crippen molar-refractivity contribution in [2.24, 2.45) is 0 Å². The summed E-state index contributed by atoms with van der Waals surface area (Å²) in [5.74, 6) is 1.39. The first-order valence-electron chi connectivity index (χ1n) is 10.5. The number of amides is 2. The molecule has 1 heterocycles. The molecule has 1 aliphatic heterocycles. The van der Waals surface area contributed by atoms with Gasteiger partial charge in [-0.05, 0) is 62.2 Å². The summed E-state index contributed by atoms with van der Waals surface area (Å²) in [5, 5.41) is 0. The third-order valence-electron chi connectivity index (χ3n) is 5.21. The lowest BCUT2D eigenvalue weighted by molar-refractivity contribution is 0.0570. The van der Waals surface area contributed by atoms with Crippen LogP contribution in [0.5, 0.6) is 11.5 Å². The predicted octanol–water partition coefficient (Wildman–Crippen LogP) is 3.81. The van der Waals surface area contributed by atoms with Crippen molar-refractivity contribution in [2.45, 2.75) is 27.4 Å². The highest BCUT2D eigenvalue weighted by atomic mass is 16.6.